The number of amides is 1. The first-order chi connectivity index (χ1) is 4.33. The summed E-state index contributed by atoms with van der Waals surface area (Å²) in [5.41, 5.74) is 5.32. The fourth-order valence-electron chi connectivity index (χ4n) is 0.683. The molecule has 0 aliphatic carbocycles. The van der Waals surface area contributed by atoms with Crippen LogP contribution in [0, 0.1) is 5.92 Å². The molecule has 0 radical (unpaired) electrons. The lowest BCUT2D eigenvalue weighted by atomic mass is 10.1. The number of nitrogens with one attached hydrogen (secondary N) is 1. The smallest absolute Gasteiger partial charge is 0.407 e. The lowest BCUT2D eigenvalue weighted by Crippen LogP contribution is -2.41. The minimum atomic E-state index is -0.334. The Balaban J connectivity index is 2.26. The Kier molecular flexibility index (Phi) is 1.89. The van der Waals surface area contributed by atoms with Crippen LogP contribution in [0.15, 0.2) is 0 Å². The van der Waals surface area contributed by atoms with Gasteiger partial charge >= 0.3 is 6.09 Å². The SMILES string of the molecule is NC[C@H]1CNC(=O)OC1. The highest BCUT2D eigenvalue weighted by Gasteiger charge is 2.16. The average Bonchev–Trinajstić information content (AvgIpc) is 1.90. The van der Waals surface area contributed by atoms with Crippen molar-refractivity contribution in [2.24, 2.45) is 11.7 Å². The van der Waals surface area contributed by atoms with E-state index in [2.05, 4.69) is 10.1 Å². The fraction of sp³-hybridized carbons (Fsp3) is 0.800. The topological polar surface area (TPSA) is 64.3 Å². The van der Waals surface area contributed by atoms with E-state index in [1.807, 2.05) is 0 Å². The predicted octanol–water partition coefficient (Wildman–Crippen LogP) is -0.699. The molecule has 1 saturated heterocycles. The molecule has 3 N–H and O–H groups in total. The first-order valence-electron chi connectivity index (χ1n) is 2.93. The molecule has 0 aromatic rings. The predicted molar refractivity (Wildman–Crippen MR) is 31.9 cm³/mol. The molecule has 4 nitrogen and oxygen atoms in total. The van der Waals surface area contributed by atoms with Gasteiger partial charge in [-0.25, -0.2) is 4.79 Å². The van der Waals surface area contributed by atoms with E-state index in [0.717, 1.165) is 0 Å². The number of nitrogens with two attached hydrogens (primary N) is 1. The van der Waals surface area contributed by atoms with Crippen LogP contribution in [0.5, 0.6) is 0 Å². The fourth-order valence-corrected chi connectivity index (χ4v) is 0.683. The van der Waals surface area contributed by atoms with Crippen molar-refractivity contribution in [3.8, 4) is 0 Å². The maximum atomic E-state index is 10.4. The minimum Gasteiger partial charge on any atom is -0.449 e. The van der Waals surface area contributed by atoms with Gasteiger partial charge in [-0.2, -0.15) is 0 Å². The molecule has 4 heteroatoms. The molecule has 0 saturated carbocycles. The van der Waals surface area contributed by atoms with Crippen LogP contribution in [-0.4, -0.2) is 25.8 Å². The summed E-state index contributed by atoms with van der Waals surface area (Å²) in [6.07, 6.45) is -0.334. The first-order valence-corrected chi connectivity index (χ1v) is 2.93. The summed E-state index contributed by atoms with van der Waals surface area (Å²) in [5, 5.41) is 2.54. The highest BCUT2D eigenvalue weighted by atomic mass is 16.6. The molecule has 0 aromatic carbocycles. The zero-order chi connectivity index (χ0) is 6.69. The lowest BCUT2D eigenvalue weighted by molar-refractivity contribution is 0.105. The Morgan fingerprint density at radius 1 is 1.89 bits per heavy atom. The van der Waals surface area contributed by atoms with Crippen molar-refractivity contribution in [3.63, 3.8) is 0 Å². The second-order valence-corrected chi connectivity index (χ2v) is 2.08. The minimum absolute atomic E-state index is 0.294. The van der Waals surface area contributed by atoms with Crippen molar-refractivity contribution in [2.45, 2.75) is 0 Å². The van der Waals surface area contributed by atoms with Crippen molar-refractivity contribution in [3.05, 3.63) is 0 Å². The highest BCUT2D eigenvalue weighted by molar-refractivity contribution is 5.67. The molecule has 0 bridgehead atoms. The third-order valence-corrected chi connectivity index (χ3v) is 1.32. The number of rotatable bonds is 1. The first kappa shape index (κ1) is 6.35. The van der Waals surface area contributed by atoms with E-state index in [0.29, 0.717) is 25.6 Å². The molecule has 0 unspecified atom stereocenters. The van der Waals surface area contributed by atoms with Gasteiger partial charge < -0.3 is 15.8 Å². The molecule has 0 spiro atoms. The number of ether oxygens (including phenoxy) is 1. The van der Waals surface area contributed by atoms with E-state index in [1.54, 1.807) is 0 Å². The van der Waals surface area contributed by atoms with Crippen LogP contribution in [0.3, 0.4) is 0 Å². The van der Waals surface area contributed by atoms with E-state index >= 15 is 0 Å². The van der Waals surface area contributed by atoms with Gasteiger partial charge in [0.15, 0.2) is 0 Å². The molecule has 1 heterocycles. The van der Waals surface area contributed by atoms with Gasteiger partial charge in [-0.15, -0.1) is 0 Å². The van der Waals surface area contributed by atoms with Crippen LogP contribution in [0.1, 0.15) is 0 Å². The van der Waals surface area contributed by atoms with Gasteiger partial charge in [-0.05, 0) is 0 Å². The number of carbonyl (C=O) groups excluding carboxylic acids is 1. The molecule has 1 rings (SSSR count). The van der Waals surface area contributed by atoms with E-state index < -0.39 is 0 Å². The Morgan fingerprint density at radius 2 is 2.67 bits per heavy atom. The average molecular weight is 130 g/mol. The second-order valence-electron chi connectivity index (χ2n) is 2.08. The van der Waals surface area contributed by atoms with Crippen LogP contribution < -0.4 is 11.1 Å². The molecule has 1 atom stereocenters. The molecule has 9 heavy (non-hydrogen) atoms. The van der Waals surface area contributed by atoms with Crippen molar-refractivity contribution in [1.82, 2.24) is 5.32 Å². The van der Waals surface area contributed by atoms with Gasteiger partial charge in [0, 0.05) is 19.0 Å². The van der Waals surface area contributed by atoms with E-state index in [-0.39, 0.29) is 6.09 Å². The molecule has 52 valence electrons. The number of hydrogen-bond acceptors (Lipinski definition) is 3. The summed E-state index contributed by atoms with van der Waals surface area (Å²) in [6, 6.07) is 0. The van der Waals surface area contributed by atoms with E-state index in [9.17, 15) is 4.79 Å². The van der Waals surface area contributed by atoms with Crippen molar-refractivity contribution >= 4 is 6.09 Å². The zero-order valence-electron chi connectivity index (χ0n) is 5.09. The van der Waals surface area contributed by atoms with E-state index in [1.165, 1.54) is 0 Å². The molecule has 1 aliphatic heterocycles. The summed E-state index contributed by atoms with van der Waals surface area (Å²) >= 11 is 0. The van der Waals surface area contributed by atoms with Gasteiger partial charge in [0.05, 0.1) is 6.61 Å². The van der Waals surface area contributed by atoms with Crippen LogP contribution in [0.4, 0.5) is 4.79 Å². The molecule has 1 amide bonds. The molecule has 1 fully saturated rings. The monoisotopic (exact) mass is 130 g/mol. The summed E-state index contributed by atoms with van der Waals surface area (Å²) in [7, 11) is 0. The Labute approximate surface area is 53.4 Å². The van der Waals surface area contributed by atoms with Crippen molar-refractivity contribution in [2.75, 3.05) is 19.7 Å². The van der Waals surface area contributed by atoms with Crippen LogP contribution >= 0.6 is 0 Å². The van der Waals surface area contributed by atoms with Crippen LogP contribution in [0.25, 0.3) is 0 Å². The summed E-state index contributed by atoms with van der Waals surface area (Å²) in [4.78, 5) is 10.4. The molecule has 0 aromatic heterocycles. The van der Waals surface area contributed by atoms with Gasteiger partial charge in [-0.3, -0.25) is 0 Å². The van der Waals surface area contributed by atoms with Gasteiger partial charge in [-0.1, -0.05) is 0 Å². The number of carbonyl (C=O) groups is 1. The third kappa shape index (κ3) is 1.57. The largest absolute Gasteiger partial charge is 0.449 e. The maximum absolute atomic E-state index is 10.4. The number of hydrogen-bond donors (Lipinski definition) is 2. The zero-order valence-corrected chi connectivity index (χ0v) is 5.09. The highest BCUT2D eigenvalue weighted by Crippen LogP contribution is 1.98. The van der Waals surface area contributed by atoms with Crippen molar-refractivity contribution < 1.29 is 9.53 Å². The second kappa shape index (κ2) is 2.68. The maximum Gasteiger partial charge on any atom is 0.407 e. The van der Waals surface area contributed by atoms with Crippen molar-refractivity contribution in [1.29, 1.82) is 0 Å². The Morgan fingerprint density at radius 3 is 3.11 bits per heavy atom. The normalized spacial score (nSPS) is 26.8. The van der Waals surface area contributed by atoms with E-state index in [4.69, 9.17) is 5.73 Å². The Bertz CT molecular complexity index is 106. The van der Waals surface area contributed by atoms with Crippen LogP contribution in [-0.2, 0) is 4.74 Å². The van der Waals surface area contributed by atoms with Gasteiger partial charge in [0.2, 0.25) is 0 Å². The number of cyclic esters (lactones) is 1. The summed E-state index contributed by atoms with van der Waals surface area (Å²) in [5.74, 6) is 0.294. The molecular formula is C5H10N2O2. The summed E-state index contributed by atoms with van der Waals surface area (Å²) < 4.78 is 4.65. The van der Waals surface area contributed by atoms with Gasteiger partial charge in [0.25, 0.3) is 0 Å². The summed E-state index contributed by atoms with van der Waals surface area (Å²) in [6.45, 7) is 1.68. The standard InChI is InChI=1S/C5H10N2O2/c6-1-4-2-7-5(8)9-3-4/h4H,1-3,6H2,(H,7,8)/t4-/m0/s1. The van der Waals surface area contributed by atoms with Crippen LogP contribution in [0.2, 0.25) is 0 Å². The molecular weight excluding hydrogens is 120 g/mol. The quantitative estimate of drug-likeness (QED) is 0.493. The van der Waals surface area contributed by atoms with Gasteiger partial charge in [0.1, 0.15) is 0 Å². The third-order valence-electron chi connectivity index (χ3n) is 1.32. The number of alkyl carbamates (subject to hydrolysis) is 1. The lowest BCUT2D eigenvalue weighted by Gasteiger charge is -2.20. The Hall–Kier alpha value is -0.770. The molecule has 1 aliphatic rings.